The molecule has 0 aromatic heterocycles. The van der Waals surface area contributed by atoms with Gasteiger partial charge in [-0.15, -0.1) is 0 Å². The summed E-state index contributed by atoms with van der Waals surface area (Å²) in [5.41, 5.74) is 0. The molecule has 2 atom stereocenters. The molecular formula is C10H18O4. The van der Waals surface area contributed by atoms with Crippen LogP contribution in [0, 0.1) is 11.8 Å². The normalized spacial score (nSPS) is 14.7. The van der Waals surface area contributed by atoms with Crippen LogP contribution in [-0.2, 0) is 9.59 Å². The smallest absolute Gasteiger partial charge is 0.306 e. The Kier molecular flexibility index (Phi) is 5.92. The van der Waals surface area contributed by atoms with E-state index in [-0.39, 0.29) is 11.8 Å². The fraction of sp³-hybridized carbons (Fsp3) is 0.800. The van der Waals surface area contributed by atoms with E-state index in [0.717, 1.165) is 12.8 Å². The number of aliphatic carboxylic acids is 2. The van der Waals surface area contributed by atoms with E-state index in [4.69, 9.17) is 10.2 Å². The van der Waals surface area contributed by atoms with Crippen molar-refractivity contribution in [2.75, 3.05) is 0 Å². The van der Waals surface area contributed by atoms with Crippen molar-refractivity contribution in [2.24, 2.45) is 11.8 Å². The molecule has 2 unspecified atom stereocenters. The lowest BCUT2D eigenvalue weighted by atomic mass is 9.99. The molecule has 0 amide bonds. The molecule has 0 radical (unpaired) electrons. The van der Waals surface area contributed by atoms with Crippen molar-refractivity contribution < 1.29 is 19.8 Å². The highest BCUT2D eigenvalue weighted by molar-refractivity contribution is 5.69. The maximum atomic E-state index is 10.4. The molecule has 0 aliphatic rings. The third kappa shape index (κ3) is 5.56. The Morgan fingerprint density at radius 2 is 1.21 bits per heavy atom. The molecule has 0 rings (SSSR count). The fourth-order valence-corrected chi connectivity index (χ4v) is 1.15. The van der Waals surface area contributed by atoms with Crippen LogP contribution in [0.15, 0.2) is 0 Å². The van der Waals surface area contributed by atoms with E-state index in [0.29, 0.717) is 12.8 Å². The van der Waals surface area contributed by atoms with Gasteiger partial charge in [-0.2, -0.15) is 0 Å². The SMILES string of the molecule is CC(CCCCC(C)C(=O)O)C(=O)O. The number of unbranched alkanes of at least 4 members (excludes halogenated alkanes) is 1. The van der Waals surface area contributed by atoms with Gasteiger partial charge in [0.1, 0.15) is 0 Å². The predicted molar refractivity (Wildman–Crippen MR) is 52.1 cm³/mol. The highest BCUT2D eigenvalue weighted by Gasteiger charge is 2.12. The predicted octanol–water partition coefficient (Wildman–Crippen LogP) is 1.99. The molecular weight excluding hydrogens is 184 g/mol. The zero-order valence-corrected chi connectivity index (χ0v) is 8.69. The van der Waals surface area contributed by atoms with Gasteiger partial charge in [-0.05, 0) is 12.8 Å². The Bertz CT molecular complexity index is 178. The molecule has 0 fully saturated rings. The molecule has 14 heavy (non-hydrogen) atoms. The first-order valence-corrected chi connectivity index (χ1v) is 4.90. The van der Waals surface area contributed by atoms with Gasteiger partial charge in [0.05, 0.1) is 11.8 Å². The summed E-state index contributed by atoms with van der Waals surface area (Å²) in [6, 6.07) is 0. The van der Waals surface area contributed by atoms with Gasteiger partial charge in [-0.1, -0.05) is 26.7 Å². The van der Waals surface area contributed by atoms with Crippen LogP contribution in [0.5, 0.6) is 0 Å². The monoisotopic (exact) mass is 202 g/mol. The van der Waals surface area contributed by atoms with Crippen LogP contribution < -0.4 is 0 Å². The maximum Gasteiger partial charge on any atom is 0.306 e. The van der Waals surface area contributed by atoms with E-state index in [1.54, 1.807) is 13.8 Å². The fourth-order valence-electron chi connectivity index (χ4n) is 1.15. The molecule has 2 N–H and O–H groups in total. The lowest BCUT2D eigenvalue weighted by Crippen LogP contribution is -2.11. The molecule has 4 heteroatoms. The summed E-state index contributed by atoms with van der Waals surface area (Å²) in [6.07, 6.45) is 2.82. The van der Waals surface area contributed by atoms with Crippen LogP contribution in [0.3, 0.4) is 0 Å². The van der Waals surface area contributed by atoms with Gasteiger partial charge in [0.25, 0.3) is 0 Å². The summed E-state index contributed by atoms with van der Waals surface area (Å²) < 4.78 is 0. The van der Waals surface area contributed by atoms with Crippen LogP contribution in [0.1, 0.15) is 39.5 Å². The first-order chi connectivity index (χ1) is 6.45. The molecule has 0 saturated heterocycles. The second kappa shape index (κ2) is 6.40. The van der Waals surface area contributed by atoms with E-state index < -0.39 is 11.9 Å². The number of hydrogen-bond acceptors (Lipinski definition) is 2. The summed E-state index contributed by atoms with van der Waals surface area (Å²) in [4.78, 5) is 20.9. The van der Waals surface area contributed by atoms with Crippen LogP contribution in [0.4, 0.5) is 0 Å². The van der Waals surface area contributed by atoms with Gasteiger partial charge in [0.15, 0.2) is 0 Å². The minimum atomic E-state index is -0.781. The Morgan fingerprint density at radius 1 is 0.929 bits per heavy atom. The van der Waals surface area contributed by atoms with E-state index in [2.05, 4.69) is 0 Å². The minimum Gasteiger partial charge on any atom is -0.481 e. The van der Waals surface area contributed by atoms with E-state index in [1.807, 2.05) is 0 Å². The molecule has 0 saturated carbocycles. The molecule has 4 nitrogen and oxygen atoms in total. The van der Waals surface area contributed by atoms with Gasteiger partial charge < -0.3 is 10.2 Å². The topological polar surface area (TPSA) is 74.6 Å². The van der Waals surface area contributed by atoms with Crippen LogP contribution in [-0.4, -0.2) is 22.2 Å². The van der Waals surface area contributed by atoms with Gasteiger partial charge >= 0.3 is 11.9 Å². The van der Waals surface area contributed by atoms with Crippen LogP contribution >= 0.6 is 0 Å². The van der Waals surface area contributed by atoms with Crippen molar-refractivity contribution in [3.05, 3.63) is 0 Å². The Hall–Kier alpha value is -1.06. The van der Waals surface area contributed by atoms with Gasteiger partial charge in [-0.3, -0.25) is 9.59 Å². The molecule has 0 aliphatic carbocycles. The summed E-state index contributed by atoms with van der Waals surface area (Å²) in [7, 11) is 0. The Labute approximate surface area is 83.9 Å². The van der Waals surface area contributed by atoms with Crippen molar-refractivity contribution >= 4 is 11.9 Å². The molecule has 0 aromatic rings. The quantitative estimate of drug-likeness (QED) is 0.619. The average molecular weight is 202 g/mol. The highest BCUT2D eigenvalue weighted by Crippen LogP contribution is 2.13. The van der Waals surface area contributed by atoms with E-state index in [9.17, 15) is 9.59 Å². The zero-order chi connectivity index (χ0) is 11.1. The first kappa shape index (κ1) is 12.9. The van der Waals surface area contributed by atoms with Crippen molar-refractivity contribution in [1.82, 2.24) is 0 Å². The third-order valence-electron chi connectivity index (χ3n) is 2.37. The Balaban J connectivity index is 3.47. The van der Waals surface area contributed by atoms with Crippen molar-refractivity contribution in [3.63, 3.8) is 0 Å². The van der Waals surface area contributed by atoms with Gasteiger partial charge in [0.2, 0.25) is 0 Å². The number of hydrogen-bond donors (Lipinski definition) is 2. The maximum absolute atomic E-state index is 10.4. The largest absolute Gasteiger partial charge is 0.481 e. The number of carbonyl (C=O) groups is 2. The van der Waals surface area contributed by atoms with Crippen LogP contribution in [0.25, 0.3) is 0 Å². The third-order valence-corrected chi connectivity index (χ3v) is 2.37. The first-order valence-electron chi connectivity index (χ1n) is 4.90. The number of rotatable bonds is 7. The van der Waals surface area contributed by atoms with Crippen molar-refractivity contribution in [3.8, 4) is 0 Å². The molecule has 0 bridgehead atoms. The molecule has 0 aromatic carbocycles. The molecule has 0 spiro atoms. The van der Waals surface area contributed by atoms with Gasteiger partial charge in [-0.25, -0.2) is 0 Å². The number of carboxylic acids is 2. The second-order valence-electron chi connectivity index (χ2n) is 3.76. The summed E-state index contributed by atoms with van der Waals surface area (Å²) in [5.74, 6) is -2.21. The molecule has 0 heterocycles. The Morgan fingerprint density at radius 3 is 1.43 bits per heavy atom. The standard InChI is InChI=1S/C10H18O4/c1-7(9(11)12)5-3-4-6-8(2)10(13)14/h7-8H,3-6H2,1-2H3,(H,11,12)(H,13,14). The zero-order valence-electron chi connectivity index (χ0n) is 8.69. The average Bonchev–Trinajstić information content (AvgIpc) is 2.11. The molecule has 0 aliphatic heterocycles. The van der Waals surface area contributed by atoms with Crippen molar-refractivity contribution in [1.29, 1.82) is 0 Å². The lowest BCUT2D eigenvalue weighted by Gasteiger charge is -2.07. The van der Waals surface area contributed by atoms with E-state index >= 15 is 0 Å². The highest BCUT2D eigenvalue weighted by atomic mass is 16.4. The second-order valence-corrected chi connectivity index (χ2v) is 3.76. The number of carboxylic acid groups (broad SMARTS) is 2. The van der Waals surface area contributed by atoms with Crippen LogP contribution in [0.2, 0.25) is 0 Å². The minimum absolute atomic E-state index is 0.324. The lowest BCUT2D eigenvalue weighted by molar-refractivity contribution is -0.142. The summed E-state index contributed by atoms with van der Waals surface area (Å²) in [6.45, 7) is 3.34. The molecule has 82 valence electrons. The van der Waals surface area contributed by atoms with Gasteiger partial charge in [0, 0.05) is 0 Å². The van der Waals surface area contributed by atoms with E-state index in [1.165, 1.54) is 0 Å². The summed E-state index contributed by atoms with van der Waals surface area (Å²) in [5, 5.41) is 17.2. The summed E-state index contributed by atoms with van der Waals surface area (Å²) >= 11 is 0. The van der Waals surface area contributed by atoms with Crippen molar-refractivity contribution in [2.45, 2.75) is 39.5 Å².